The van der Waals surface area contributed by atoms with Gasteiger partial charge in [0, 0.05) is 10.0 Å². The predicted molar refractivity (Wildman–Crippen MR) is 102 cm³/mol. The fourth-order valence-electron chi connectivity index (χ4n) is 2.67. The van der Waals surface area contributed by atoms with Crippen LogP contribution in [0, 0.1) is 5.82 Å². The molecule has 1 aromatic heterocycles. The van der Waals surface area contributed by atoms with E-state index in [2.05, 4.69) is 21.4 Å². The molecular formula is C20H12BrFN2O3. The van der Waals surface area contributed by atoms with Crippen LogP contribution < -0.4 is 10.4 Å². The van der Waals surface area contributed by atoms with Crippen LogP contribution in [0.4, 0.5) is 10.1 Å². The van der Waals surface area contributed by atoms with Crippen LogP contribution in [0.1, 0.15) is 5.76 Å². The van der Waals surface area contributed by atoms with Crippen LogP contribution in [-0.2, 0) is 9.59 Å². The highest BCUT2D eigenvalue weighted by atomic mass is 79.9. The van der Waals surface area contributed by atoms with Crippen molar-refractivity contribution in [3.05, 3.63) is 82.3 Å². The molecule has 0 saturated carbocycles. The number of halogens is 2. The number of nitrogens with one attached hydrogen (secondary N) is 1. The van der Waals surface area contributed by atoms with Crippen LogP contribution in [0.3, 0.4) is 0 Å². The molecule has 1 aliphatic heterocycles. The third-order valence-corrected chi connectivity index (χ3v) is 4.55. The first-order valence-electron chi connectivity index (χ1n) is 8.00. The van der Waals surface area contributed by atoms with E-state index < -0.39 is 17.6 Å². The average molecular weight is 427 g/mol. The van der Waals surface area contributed by atoms with E-state index in [0.29, 0.717) is 17.2 Å². The van der Waals surface area contributed by atoms with Gasteiger partial charge >= 0.3 is 0 Å². The van der Waals surface area contributed by atoms with Gasteiger partial charge in [-0.25, -0.2) is 9.40 Å². The summed E-state index contributed by atoms with van der Waals surface area (Å²) in [5.74, 6) is -0.509. The molecule has 0 radical (unpaired) electrons. The summed E-state index contributed by atoms with van der Waals surface area (Å²) in [4.78, 5) is 24.7. The summed E-state index contributed by atoms with van der Waals surface area (Å²) >= 11 is 3.38. The van der Waals surface area contributed by atoms with Gasteiger partial charge in [-0.1, -0.05) is 28.1 Å². The van der Waals surface area contributed by atoms with Crippen molar-refractivity contribution >= 4 is 39.5 Å². The van der Waals surface area contributed by atoms with Gasteiger partial charge < -0.3 is 4.42 Å². The lowest BCUT2D eigenvalue weighted by atomic mass is 10.2. The molecule has 0 unspecified atom stereocenters. The number of carbonyl (C=O) groups is 2. The SMILES string of the molecule is O=C1NN(c2ccc(F)cc2)C(=O)C1=Cc1ccc(-c2ccc(Br)cc2)o1. The van der Waals surface area contributed by atoms with E-state index in [1.54, 1.807) is 12.1 Å². The Bertz CT molecular complexity index is 1060. The zero-order chi connectivity index (χ0) is 19.0. The van der Waals surface area contributed by atoms with Gasteiger partial charge in [-0.2, -0.15) is 0 Å². The minimum Gasteiger partial charge on any atom is -0.457 e. The second-order valence-corrected chi connectivity index (χ2v) is 6.74. The maximum absolute atomic E-state index is 13.1. The maximum Gasteiger partial charge on any atom is 0.282 e. The van der Waals surface area contributed by atoms with Crippen molar-refractivity contribution in [2.24, 2.45) is 0 Å². The van der Waals surface area contributed by atoms with Crippen LogP contribution in [0.15, 0.2) is 75.1 Å². The van der Waals surface area contributed by atoms with E-state index in [-0.39, 0.29) is 5.57 Å². The fourth-order valence-corrected chi connectivity index (χ4v) is 2.94. The van der Waals surface area contributed by atoms with Crippen molar-refractivity contribution in [1.82, 2.24) is 5.43 Å². The zero-order valence-corrected chi connectivity index (χ0v) is 15.4. The van der Waals surface area contributed by atoms with Crippen LogP contribution in [0.2, 0.25) is 0 Å². The van der Waals surface area contributed by atoms with Gasteiger partial charge in [-0.05, 0) is 54.6 Å². The Morgan fingerprint density at radius 2 is 1.67 bits per heavy atom. The third kappa shape index (κ3) is 3.41. The van der Waals surface area contributed by atoms with Gasteiger partial charge in [0.15, 0.2) is 0 Å². The Hall–Kier alpha value is -3.19. The van der Waals surface area contributed by atoms with Gasteiger partial charge in [-0.3, -0.25) is 15.0 Å². The number of carbonyl (C=O) groups excluding carboxylic acids is 2. The Morgan fingerprint density at radius 3 is 2.37 bits per heavy atom. The van der Waals surface area contributed by atoms with Gasteiger partial charge in [0.1, 0.15) is 22.9 Å². The maximum atomic E-state index is 13.1. The summed E-state index contributed by atoms with van der Waals surface area (Å²) in [5, 5.41) is 1.08. The lowest BCUT2D eigenvalue weighted by molar-refractivity contribution is -0.117. The topological polar surface area (TPSA) is 62.6 Å². The quantitative estimate of drug-likeness (QED) is 0.501. The zero-order valence-electron chi connectivity index (χ0n) is 13.8. The highest BCUT2D eigenvalue weighted by molar-refractivity contribution is 9.10. The molecular weight excluding hydrogens is 415 g/mol. The molecule has 2 aromatic carbocycles. The second kappa shape index (κ2) is 6.85. The Kier molecular flexibility index (Phi) is 4.37. The van der Waals surface area contributed by atoms with Crippen molar-refractivity contribution < 1.29 is 18.4 Å². The Balaban J connectivity index is 1.60. The number of rotatable bonds is 3. The number of hydrogen-bond donors (Lipinski definition) is 1. The van der Waals surface area contributed by atoms with E-state index in [4.69, 9.17) is 4.42 Å². The van der Waals surface area contributed by atoms with E-state index in [1.807, 2.05) is 24.3 Å². The van der Waals surface area contributed by atoms with Crippen molar-refractivity contribution in [2.75, 3.05) is 5.01 Å². The lowest BCUT2D eigenvalue weighted by Gasteiger charge is -2.14. The number of anilines is 1. The van der Waals surface area contributed by atoms with Crippen LogP contribution in [0.5, 0.6) is 0 Å². The number of furan rings is 1. The average Bonchev–Trinajstić information content (AvgIpc) is 3.23. The minimum absolute atomic E-state index is 0.0592. The van der Waals surface area contributed by atoms with E-state index in [0.717, 1.165) is 15.0 Å². The van der Waals surface area contributed by atoms with Crippen molar-refractivity contribution in [3.8, 4) is 11.3 Å². The number of hydrazine groups is 1. The summed E-state index contributed by atoms with van der Waals surface area (Å²) < 4.78 is 19.7. The van der Waals surface area contributed by atoms with Crippen molar-refractivity contribution in [2.45, 2.75) is 0 Å². The lowest BCUT2D eigenvalue weighted by Crippen LogP contribution is -2.35. The first-order chi connectivity index (χ1) is 13.0. The monoisotopic (exact) mass is 426 g/mol. The molecule has 7 heteroatoms. The molecule has 2 amide bonds. The summed E-state index contributed by atoms with van der Waals surface area (Å²) in [5.41, 5.74) is 3.64. The number of hydrogen-bond acceptors (Lipinski definition) is 3. The number of benzene rings is 2. The molecule has 0 aliphatic carbocycles. The number of amides is 2. The molecule has 0 atom stereocenters. The molecule has 5 nitrogen and oxygen atoms in total. The van der Waals surface area contributed by atoms with E-state index in [1.165, 1.54) is 30.3 Å². The smallest absolute Gasteiger partial charge is 0.282 e. The first kappa shape index (κ1) is 17.2. The summed E-state index contributed by atoms with van der Waals surface area (Å²) in [6, 6.07) is 16.3. The van der Waals surface area contributed by atoms with Crippen LogP contribution in [-0.4, -0.2) is 11.8 Å². The molecule has 134 valence electrons. The summed E-state index contributed by atoms with van der Waals surface area (Å²) in [6.45, 7) is 0. The largest absolute Gasteiger partial charge is 0.457 e. The van der Waals surface area contributed by atoms with Crippen molar-refractivity contribution in [1.29, 1.82) is 0 Å². The predicted octanol–water partition coefficient (Wildman–Crippen LogP) is 4.31. The molecule has 2 heterocycles. The van der Waals surface area contributed by atoms with E-state index >= 15 is 0 Å². The summed E-state index contributed by atoms with van der Waals surface area (Å²) in [7, 11) is 0. The first-order valence-corrected chi connectivity index (χ1v) is 8.79. The highest BCUT2D eigenvalue weighted by Crippen LogP contribution is 2.26. The van der Waals surface area contributed by atoms with Gasteiger partial charge in [0.25, 0.3) is 11.8 Å². The standard InChI is InChI=1S/C20H12BrFN2O3/c21-13-3-1-12(2-4-13)18-10-9-16(27-18)11-17-19(25)23-24(20(17)26)15-7-5-14(22)6-8-15/h1-11H,(H,23,25). The van der Waals surface area contributed by atoms with Crippen LogP contribution >= 0.6 is 15.9 Å². The molecule has 1 fully saturated rings. The van der Waals surface area contributed by atoms with Gasteiger partial charge in [0.05, 0.1) is 5.69 Å². The molecule has 0 spiro atoms. The Morgan fingerprint density at radius 1 is 0.963 bits per heavy atom. The molecule has 27 heavy (non-hydrogen) atoms. The fraction of sp³-hybridized carbons (Fsp3) is 0. The molecule has 3 aromatic rings. The molecule has 4 rings (SSSR count). The molecule has 1 saturated heterocycles. The van der Waals surface area contributed by atoms with Gasteiger partial charge in [0.2, 0.25) is 0 Å². The number of nitrogens with zero attached hydrogens (tertiary/aromatic N) is 1. The van der Waals surface area contributed by atoms with Gasteiger partial charge in [-0.15, -0.1) is 0 Å². The highest BCUT2D eigenvalue weighted by Gasteiger charge is 2.34. The van der Waals surface area contributed by atoms with Crippen molar-refractivity contribution in [3.63, 3.8) is 0 Å². The molecule has 1 aliphatic rings. The molecule has 0 bridgehead atoms. The molecule has 1 N–H and O–H groups in total. The second-order valence-electron chi connectivity index (χ2n) is 5.82. The minimum atomic E-state index is -0.550. The summed E-state index contributed by atoms with van der Waals surface area (Å²) in [6.07, 6.45) is 1.39. The normalized spacial score (nSPS) is 15.5. The Labute approximate surface area is 162 Å². The van der Waals surface area contributed by atoms with Crippen LogP contribution in [0.25, 0.3) is 17.4 Å². The third-order valence-electron chi connectivity index (χ3n) is 4.02. The van der Waals surface area contributed by atoms with E-state index in [9.17, 15) is 14.0 Å².